The molecule has 37 heavy (non-hydrogen) atoms. The summed E-state index contributed by atoms with van der Waals surface area (Å²) in [5.41, 5.74) is 4.62. The van der Waals surface area contributed by atoms with Gasteiger partial charge in [0.2, 0.25) is 0 Å². The highest BCUT2D eigenvalue weighted by Crippen LogP contribution is 2.53. The van der Waals surface area contributed by atoms with Crippen molar-refractivity contribution in [3.05, 3.63) is 129 Å². The molecule has 6 heteroatoms. The zero-order valence-electron chi connectivity index (χ0n) is 20.0. The molecule has 0 saturated heterocycles. The van der Waals surface area contributed by atoms with Gasteiger partial charge in [0, 0.05) is 15.5 Å². The van der Waals surface area contributed by atoms with E-state index < -0.39 is 17.4 Å². The van der Waals surface area contributed by atoms with Crippen LogP contribution in [0, 0.1) is 0 Å². The number of benzene rings is 4. The first-order chi connectivity index (χ1) is 17.9. The van der Waals surface area contributed by atoms with Crippen LogP contribution in [-0.2, 0) is 37.7 Å². The monoisotopic (exact) mass is 530 g/mol. The van der Waals surface area contributed by atoms with Crippen molar-refractivity contribution in [2.75, 3.05) is 0 Å². The second-order valence-corrected chi connectivity index (χ2v) is 9.97. The van der Waals surface area contributed by atoms with Gasteiger partial charge in [-0.1, -0.05) is 96.0 Å². The van der Waals surface area contributed by atoms with Crippen LogP contribution in [-0.4, -0.2) is 11.9 Å². The first-order valence-electron chi connectivity index (χ1n) is 11.9. The van der Waals surface area contributed by atoms with E-state index >= 15 is 0 Å². The van der Waals surface area contributed by atoms with Crippen molar-refractivity contribution >= 4 is 35.1 Å². The Morgan fingerprint density at radius 2 is 0.946 bits per heavy atom. The highest BCUT2D eigenvalue weighted by atomic mass is 35.5. The predicted octanol–water partition coefficient (Wildman–Crippen LogP) is 7.53. The topological polar surface area (TPSA) is 52.6 Å². The Morgan fingerprint density at radius 1 is 0.568 bits per heavy atom. The number of hydrogen-bond donors (Lipinski definition) is 0. The highest BCUT2D eigenvalue weighted by molar-refractivity contribution is 6.30. The average Bonchev–Trinajstić information content (AvgIpc) is 3.17. The highest BCUT2D eigenvalue weighted by Gasteiger charge is 2.46. The first kappa shape index (κ1) is 25.1. The molecule has 186 valence electrons. The van der Waals surface area contributed by atoms with E-state index in [2.05, 4.69) is 0 Å². The van der Waals surface area contributed by atoms with Gasteiger partial charge in [0.15, 0.2) is 0 Å². The van der Waals surface area contributed by atoms with E-state index in [1.165, 1.54) is 0 Å². The van der Waals surface area contributed by atoms with Crippen LogP contribution in [0.4, 0.5) is 0 Å². The molecule has 0 unspecified atom stereocenters. The summed E-state index contributed by atoms with van der Waals surface area (Å²) in [6.45, 7) is 0.243. The number of halogens is 2. The van der Waals surface area contributed by atoms with Gasteiger partial charge < -0.3 is 9.47 Å². The molecule has 4 nitrogen and oxygen atoms in total. The summed E-state index contributed by atoms with van der Waals surface area (Å²) < 4.78 is 11.3. The van der Waals surface area contributed by atoms with Gasteiger partial charge in [-0.2, -0.15) is 0 Å². The molecule has 0 aromatic heterocycles. The lowest BCUT2D eigenvalue weighted by atomic mass is 9.73. The van der Waals surface area contributed by atoms with E-state index in [0.717, 1.165) is 33.4 Å². The van der Waals surface area contributed by atoms with Crippen molar-refractivity contribution < 1.29 is 19.1 Å². The Morgan fingerprint density at radius 3 is 1.35 bits per heavy atom. The van der Waals surface area contributed by atoms with Crippen LogP contribution in [0.2, 0.25) is 10.0 Å². The van der Waals surface area contributed by atoms with Crippen molar-refractivity contribution in [2.45, 2.75) is 31.5 Å². The number of hydrogen-bond acceptors (Lipinski definition) is 4. The van der Waals surface area contributed by atoms with Gasteiger partial charge in [-0.3, -0.25) is 9.59 Å². The first-order valence-corrected chi connectivity index (χ1v) is 12.7. The van der Waals surface area contributed by atoms with Gasteiger partial charge in [0.25, 0.3) is 0 Å². The van der Waals surface area contributed by atoms with E-state index in [4.69, 9.17) is 32.7 Å². The number of carbonyl (C=O) groups is 2. The Kier molecular flexibility index (Phi) is 7.31. The Balaban J connectivity index is 1.41. The van der Waals surface area contributed by atoms with Crippen molar-refractivity contribution in [2.24, 2.45) is 0 Å². The molecule has 0 aliphatic heterocycles. The minimum atomic E-state index is -0.901. The van der Waals surface area contributed by atoms with Gasteiger partial charge in [0.1, 0.15) is 13.2 Å². The molecule has 1 aliphatic rings. The Labute approximate surface area is 225 Å². The quantitative estimate of drug-likeness (QED) is 0.221. The molecule has 0 fully saturated rings. The number of ether oxygens (including phenoxy) is 2. The maximum atomic E-state index is 13.2. The average molecular weight is 531 g/mol. The summed E-state index contributed by atoms with van der Waals surface area (Å²) >= 11 is 11.9. The number of carbonyl (C=O) groups excluding carboxylic acids is 2. The molecule has 1 aliphatic carbocycles. The molecular formula is C31H24Cl2O4. The Hall–Kier alpha value is -3.60. The van der Waals surface area contributed by atoms with Gasteiger partial charge in [-0.25, -0.2) is 0 Å². The molecular weight excluding hydrogens is 507 g/mol. The van der Waals surface area contributed by atoms with Crippen LogP contribution < -0.4 is 0 Å². The molecule has 0 amide bonds. The van der Waals surface area contributed by atoms with Gasteiger partial charge >= 0.3 is 11.9 Å². The molecule has 4 aromatic carbocycles. The number of esters is 2. The maximum Gasteiger partial charge on any atom is 0.307 e. The van der Waals surface area contributed by atoms with E-state index in [1.54, 1.807) is 24.3 Å². The fourth-order valence-corrected chi connectivity index (χ4v) is 5.19. The zero-order chi connectivity index (χ0) is 25.8. The number of rotatable bonds is 8. The van der Waals surface area contributed by atoms with E-state index in [0.29, 0.717) is 10.0 Å². The van der Waals surface area contributed by atoms with Crippen LogP contribution in [0.3, 0.4) is 0 Å². The molecule has 4 aromatic rings. The van der Waals surface area contributed by atoms with Crippen molar-refractivity contribution in [3.8, 4) is 11.1 Å². The summed E-state index contributed by atoms with van der Waals surface area (Å²) in [4.78, 5) is 26.5. The van der Waals surface area contributed by atoms with Crippen molar-refractivity contribution in [1.29, 1.82) is 0 Å². The van der Waals surface area contributed by atoms with Crippen LogP contribution in [0.25, 0.3) is 11.1 Å². The van der Waals surface area contributed by atoms with Crippen molar-refractivity contribution in [3.63, 3.8) is 0 Å². The van der Waals surface area contributed by atoms with Crippen LogP contribution in [0.15, 0.2) is 97.1 Å². The molecule has 0 spiro atoms. The lowest BCUT2D eigenvalue weighted by molar-refractivity contribution is -0.149. The largest absolute Gasteiger partial charge is 0.461 e. The maximum absolute atomic E-state index is 13.2. The second-order valence-electron chi connectivity index (χ2n) is 9.10. The second kappa shape index (κ2) is 10.8. The molecule has 0 heterocycles. The van der Waals surface area contributed by atoms with E-state index in [9.17, 15) is 9.59 Å². The SMILES string of the molecule is O=C(CC1(CC(=O)OCc2ccc(Cl)cc2)c2ccccc2-c2ccccc21)OCc1ccc(Cl)cc1. The molecule has 5 rings (SSSR count). The number of fused-ring (bicyclic) bond motifs is 3. The summed E-state index contributed by atoms with van der Waals surface area (Å²) in [5.74, 6) is -0.793. The third kappa shape index (κ3) is 5.41. The standard InChI is InChI=1S/C31H24Cl2O4/c32-23-13-9-21(10-14-23)19-36-29(34)17-31(18-30(35)37-20-22-11-15-24(33)16-12-22)27-7-3-1-5-25(27)26-6-2-4-8-28(26)31/h1-16H,17-20H2. The van der Waals surface area contributed by atoms with E-state index in [1.807, 2.05) is 72.8 Å². The smallest absolute Gasteiger partial charge is 0.307 e. The molecule has 0 radical (unpaired) electrons. The summed E-state index contributed by atoms with van der Waals surface area (Å²) in [6, 6.07) is 30.1. The molecule has 0 N–H and O–H groups in total. The lowest BCUT2D eigenvalue weighted by Gasteiger charge is -2.30. The molecule has 0 saturated carbocycles. The van der Waals surface area contributed by atoms with Gasteiger partial charge in [-0.15, -0.1) is 0 Å². The summed E-state index contributed by atoms with van der Waals surface area (Å²) in [6.07, 6.45) is 0.00925. The lowest BCUT2D eigenvalue weighted by Crippen LogP contribution is -2.33. The van der Waals surface area contributed by atoms with Crippen LogP contribution >= 0.6 is 23.2 Å². The minimum absolute atomic E-state index is 0.00462. The zero-order valence-corrected chi connectivity index (χ0v) is 21.5. The molecule has 0 bridgehead atoms. The summed E-state index contributed by atoms with van der Waals surface area (Å²) in [5, 5.41) is 1.23. The minimum Gasteiger partial charge on any atom is -0.461 e. The van der Waals surface area contributed by atoms with E-state index in [-0.39, 0.29) is 26.1 Å². The normalized spacial score (nSPS) is 12.9. The third-order valence-corrected chi connectivity index (χ3v) is 7.20. The van der Waals surface area contributed by atoms with Gasteiger partial charge in [-0.05, 0) is 57.6 Å². The fraction of sp³-hybridized carbons (Fsp3) is 0.161. The Bertz CT molecular complexity index is 1320. The summed E-state index contributed by atoms with van der Waals surface area (Å²) in [7, 11) is 0. The van der Waals surface area contributed by atoms with Crippen molar-refractivity contribution in [1.82, 2.24) is 0 Å². The predicted molar refractivity (Wildman–Crippen MR) is 144 cm³/mol. The van der Waals surface area contributed by atoms with Crippen LogP contribution in [0.1, 0.15) is 35.1 Å². The van der Waals surface area contributed by atoms with Crippen LogP contribution in [0.5, 0.6) is 0 Å². The fourth-order valence-electron chi connectivity index (χ4n) is 4.94. The third-order valence-electron chi connectivity index (χ3n) is 6.69. The van der Waals surface area contributed by atoms with Gasteiger partial charge in [0.05, 0.1) is 12.8 Å². The molecule has 0 atom stereocenters.